The van der Waals surface area contributed by atoms with Gasteiger partial charge < -0.3 is 0 Å². The van der Waals surface area contributed by atoms with Crippen LogP contribution in [0.5, 0.6) is 0 Å². The van der Waals surface area contributed by atoms with Gasteiger partial charge in [0.15, 0.2) is 0 Å². The maximum atomic E-state index is 4.69. The third-order valence-corrected chi connectivity index (χ3v) is 4.08. The van der Waals surface area contributed by atoms with Crippen molar-refractivity contribution >= 4 is 21.6 Å². The van der Waals surface area contributed by atoms with Crippen molar-refractivity contribution in [3.63, 3.8) is 0 Å². The van der Waals surface area contributed by atoms with Gasteiger partial charge in [0.25, 0.3) is 0 Å². The van der Waals surface area contributed by atoms with E-state index < -0.39 is 0 Å². The number of benzene rings is 2. The lowest BCUT2D eigenvalue weighted by Gasteiger charge is -1.98. The van der Waals surface area contributed by atoms with E-state index >= 15 is 0 Å². The number of hydrogen-bond donors (Lipinski definition) is 0. The highest BCUT2D eigenvalue weighted by molar-refractivity contribution is 7.18. The van der Waals surface area contributed by atoms with Crippen molar-refractivity contribution in [1.29, 1.82) is 0 Å². The summed E-state index contributed by atoms with van der Waals surface area (Å²) in [6.07, 6.45) is 0.929. The van der Waals surface area contributed by atoms with E-state index in [1.54, 1.807) is 11.3 Å². The second-order valence-electron chi connectivity index (χ2n) is 4.74. The summed E-state index contributed by atoms with van der Waals surface area (Å²) in [5.74, 6) is 0. The number of fused-ring (bicyclic) bond motifs is 1. The SMILES string of the molecule is Cc1ccc(Cc2nc3ccc(C)cc3s2)cc1. The van der Waals surface area contributed by atoms with Crippen molar-refractivity contribution < 1.29 is 0 Å². The van der Waals surface area contributed by atoms with Gasteiger partial charge in [0.2, 0.25) is 0 Å². The highest BCUT2D eigenvalue weighted by atomic mass is 32.1. The van der Waals surface area contributed by atoms with E-state index in [-0.39, 0.29) is 0 Å². The number of aromatic nitrogens is 1. The molecule has 0 bridgehead atoms. The number of rotatable bonds is 2. The van der Waals surface area contributed by atoms with E-state index in [0.717, 1.165) is 11.9 Å². The molecule has 1 heterocycles. The summed E-state index contributed by atoms with van der Waals surface area (Å²) in [7, 11) is 0. The van der Waals surface area contributed by atoms with Gasteiger partial charge in [-0.25, -0.2) is 4.98 Å². The van der Waals surface area contributed by atoms with E-state index in [4.69, 9.17) is 4.98 Å². The first-order valence-corrected chi connectivity index (χ1v) is 6.94. The molecule has 0 N–H and O–H groups in total. The van der Waals surface area contributed by atoms with E-state index in [1.165, 1.54) is 26.4 Å². The van der Waals surface area contributed by atoms with E-state index in [0.29, 0.717) is 0 Å². The zero-order valence-electron chi connectivity index (χ0n) is 10.6. The summed E-state index contributed by atoms with van der Waals surface area (Å²) < 4.78 is 1.29. The molecule has 1 nitrogen and oxygen atoms in total. The lowest BCUT2D eigenvalue weighted by atomic mass is 10.1. The van der Waals surface area contributed by atoms with Gasteiger partial charge in [-0.2, -0.15) is 0 Å². The van der Waals surface area contributed by atoms with Crippen LogP contribution < -0.4 is 0 Å². The molecule has 1 aromatic heterocycles. The van der Waals surface area contributed by atoms with Crippen LogP contribution in [0.15, 0.2) is 42.5 Å². The van der Waals surface area contributed by atoms with Crippen LogP contribution in [-0.4, -0.2) is 4.98 Å². The summed E-state index contributed by atoms with van der Waals surface area (Å²) in [5.41, 5.74) is 5.05. The van der Waals surface area contributed by atoms with Crippen molar-refractivity contribution in [3.05, 3.63) is 64.2 Å². The lowest BCUT2D eigenvalue weighted by molar-refractivity contribution is 1.15. The Balaban J connectivity index is 1.92. The highest BCUT2D eigenvalue weighted by Crippen LogP contribution is 2.24. The third-order valence-electron chi connectivity index (χ3n) is 3.06. The molecule has 0 saturated heterocycles. The number of hydrogen-bond acceptors (Lipinski definition) is 2. The minimum absolute atomic E-state index is 0.929. The van der Waals surface area contributed by atoms with E-state index in [9.17, 15) is 0 Å². The first-order valence-electron chi connectivity index (χ1n) is 6.12. The quantitative estimate of drug-likeness (QED) is 0.655. The molecule has 0 aliphatic carbocycles. The first kappa shape index (κ1) is 11.4. The van der Waals surface area contributed by atoms with Gasteiger partial charge in [0.1, 0.15) is 0 Å². The van der Waals surface area contributed by atoms with Crippen LogP contribution in [0, 0.1) is 13.8 Å². The Labute approximate surface area is 111 Å². The molecule has 0 radical (unpaired) electrons. The normalized spacial score (nSPS) is 11.0. The standard InChI is InChI=1S/C16H15NS/c1-11-3-6-13(7-4-11)10-16-17-14-8-5-12(2)9-15(14)18-16/h3-9H,10H2,1-2H3. The summed E-state index contributed by atoms with van der Waals surface area (Å²) in [5, 5.41) is 1.19. The molecular formula is C16H15NS. The second-order valence-corrected chi connectivity index (χ2v) is 5.86. The van der Waals surface area contributed by atoms with Crippen LogP contribution in [-0.2, 0) is 6.42 Å². The minimum atomic E-state index is 0.929. The Bertz CT molecular complexity index is 680. The van der Waals surface area contributed by atoms with Crippen molar-refractivity contribution in [2.75, 3.05) is 0 Å². The van der Waals surface area contributed by atoms with Crippen molar-refractivity contribution in [1.82, 2.24) is 4.98 Å². The van der Waals surface area contributed by atoms with Crippen LogP contribution in [0.1, 0.15) is 21.7 Å². The monoisotopic (exact) mass is 253 g/mol. The predicted octanol–water partition coefficient (Wildman–Crippen LogP) is 4.50. The summed E-state index contributed by atoms with van der Waals surface area (Å²) in [4.78, 5) is 4.69. The van der Waals surface area contributed by atoms with E-state index in [1.807, 2.05) is 0 Å². The Hall–Kier alpha value is -1.67. The van der Waals surface area contributed by atoms with Gasteiger partial charge in [-0.05, 0) is 37.1 Å². The van der Waals surface area contributed by atoms with Gasteiger partial charge >= 0.3 is 0 Å². The van der Waals surface area contributed by atoms with Crippen LogP contribution in [0.2, 0.25) is 0 Å². The molecule has 0 spiro atoms. The summed E-state index contributed by atoms with van der Waals surface area (Å²) in [6, 6.07) is 15.1. The fraction of sp³-hybridized carbons (Fsp3) is 0.188. The maximum absolute atomic E-state index is 4.69. The van der Waals surface area contributed by atoms with Crippen LogP contribution in [0.3, 0.4) is 0 Å². The van der Waals surface area contributed by atoms with Gasteiger partial charge in [-0.3, -0.25) is 0 Å². The molecule has 90 valence electrons. The topological polar surface area (TPSA) is 12.9 Å². The molecule has 0 unspecified atom stereocenters. The third kappa shape index (κ3) is 2.29. The Morgan fingerprint density at radius 1 is 0.944 bits per heavy atom. The maximum Gasteiger partial charge on any atom is 0.0982 e. The molecule has 3 aromatic rings. The largest absolute Gasteiger partial charge is 0.241 e. The smallest absolute Gasteiger partial charge is 0.0982 e. The van der Waals surface area contributed by atoms with Crippen LogP contribution in [0.4, 0.5) is 0 Å². The summed E-state index contributed by atoms with van der Waals surface area (Å²) in [6.45, 7) is 4.24. The molecule has 18 heavy (non-hydrogen) atoms. The Kier molecular flexibility index (Phi) is 2.88. The first-order chi connectivity index (χ1) is 8.70. The zero-order valence-corrected chi connectivity index (χ0v) is 11.4. The molecule has 0 aliphatic rings. The molecule has 3 rings (SSSR count). The minimum Gasteiger partial charge on any atom is -0.241 e. The molecule has 0 amide bonds. The number of nitrogens with zero attached hydrogens (tertiary/aromatic N) is 1. The lowest BCUT2D eigenvalue weighted by Crippen LogP contribution is -1.86. The average Bonchev–Trinajstić information content (AvgIpc) is 2.73. The van der Waals surface area contributed by atoms with Crippen molar-refractivity contribution in [3.8, 4) is 0 Å². The van der Waals surface area contributed by atoms with Gasteiger partial charge in [-0.15, -0.1) is 11.3 Å². The summed E-state index contributed by atoms with van der Waals surface area (Å²) >= 11 is 1.80. The number of thiazole rings is 1. The predicted molar refractivity (Wildman–Crippen MR) is 78.3 cm³/mol. The van der Waals surface area contributed by atoms with Gasteiger partial charge in [0, 0.05) is 6.42 Å². The number of aryl methyl sites for hydroxylation is 2. The molecule has 0 fully saturated rings. The zero-order chi connectivity index (χ0) is 12.5. The fourth-order valence-electron chi connectivity index (χ4n) is 2.04. The molecule has 2 aromatic carbocycles. The molecule has 2 heteroatoms. The Morgan fingerprint density at radius 2 is 1.67 bits per heavy atom. The van der Waals surface area contributed by atoms with Crippen LogP contribution in [0.25, 0.3) is 10.2 Å². The van der Waals surface area contributed by atoms with Gasteiger partial charge in [0.05, 0.1) is 15.2 Å². The van der Waals surface area contributed by atoms with Gasteiger partial charge in [-0.1, -0.05) is 35.9 Å². The fourth-order valence-corrected chi connectivity index (χ4v) is 3.14. The Morgan fingerprint density at radius 3 is 2.44 bits per heavy atom. The molecule has 0 aliphatic heterocycles. The molecular weight excluding hydrogens is 238 g/mol. The molecule has 0 atom stereocenters. The van der Waals surface area contributed by atoms with Crippen molar-refractivity contribution in [2.24, 2.45) is 0 Å². The van der Waals surface area contributed by atoms with E-state index in [2.05, 4.69) is 56.3 Å². The van der Waals surface area contributed by atoms with Crippen LogP contribution >= 0.6 is 11.3 Å². The van der Waals surface area contributed by atoms with Crippen molar-refractivity contribution in [2.45, 2.75) is 20.3 Å². The second kappa shape index (κ2) is 4.54. The average molecular weight is 253 g/mol. The highest BCUT2D eigenvalue weighted by Gasteiger charge is 2.04. The molecule has 0 saturated carbocycles.